The molecule has 2 rings (SSSR count). The lowest BCUT2D eigenvalue weighted by molar-refractivity contribution is 0.318. The van der Waals surface area contributed by atoms with Crippen LogP contribution in [0.1, 0.15) is 44.4 Å². The fraction of sp³-hybridized carbons (Fsp3) is 0.667. The SMILES string of the molecule is CCc1cc(CN)cc(N(CC)CC2CCC2)n1. The van der Waals surface area contributed by atoms with Gasteiger partial charge in [-0.2, -0.15) is 0 Å². The number of aryl methyl sites for hydroxylation is 1. The van der Waals surface area contributed by atoms with Crippen LogP contribution in [0.2, 0.25) is 0 Å². The molecule has 1 fully saturated rings. The molecule has 0 aliphatic heterocycles. The highest BCUT2D eigenvalue weighted by Crippen LogP contribution is 2.28. The summed E-state index contributed by atoms with van der Waals surface area (Å²) < 4.78 is 0. The van der Waals surface area contributed by atoms with Gasteiger partial charge >= 0.3 is 0 Å². The van der Waals surface area contributed by atoms with Gasteiger partial charge in [-0.1, -0.05) is 13.3 Å². The molecule has 0 radical (unpaired) electrons. The molecule has 1 aliphatic rings. The van der Waals surface area contributed by atoms with Gasteiger partial charge in [0, 0.05) is 25.3 Å². The van der Waals surface area contributed by atoms with Gasteiger partial charge in [-0.25, -0.2) is 4.98 Å². The summed E-state index contributed by atoms with van der Waals surface area (Å²) >= 11 is 0. The molecule has 0 atom stereocenters. The molecule has 1 aromatic heterocycles. The van der Waals surface area contributed by atoms with Crippen LogP contribution in [-0.4, -0.2) is 18.1 Å². The van der Waals surface area contributed by atoms with Crippen LogP contribution in [0.5, 0.6) is 0 Å². The summed E-state index contributed by atoms with van der Waals surface area (Å²) in [7, 11) is 0. The van der Waals surface area contributed by atoms with Gasteiger partial charge < -0.3 is 10.6 Å². The summed E-state index contributed by atoms with van der Waals surface area (Å²) in [6, 6.07) is 4.28. The van der Waals surface area contributed by atoms with Crippen LogP contribution in [0.15, 0.2) is 12.1 Å². The fourth-order valence-electron chi connectivity index (χ4n) is 2.47. The van der Waals surface area contributed by atoms with Gasteiger partial charge in [0.25, 0.3) is 0 Å². The van der Waals surface area contributed by atoms with Crippen molar-refractivity contribution in [2.24, 2.45) is 11.7 Å². The van der Waals surface area contributed by atoms with Crippen molar-refractivity contribution in [3.63, 3.8) is 0 Å². The lowest BCUT2D eigenvalue weighted by Crippen LogP contribution is -2.33. The van der Waals surface area contributed by atoms with E-state index in [0.717, 1.165) is 36.9 Å². The third-order valence-corrected chi connectivity index (χ3v) is 3.93. The number of pyridine rings is 1. The standard InChI is InChI=1S/C15H25N3/c1-3-14-8-13(10-16)9-15(17-14)18(4-2)11-12-6-5-7-12/h8-9,12H,3-7,10-11,16H2,1-2H3. The molecule has 1 heterocycles. The van der Waals surface area contributed by atoms with Gasteiger partial charge in [0.2, 0.25) is 0 Å². The van der Waals surface area contributed by atoms with E-state index < -0.39 is 0 Å². The van der Waals surface area contributed by atoms with E-state index in [-0.39, 0.29) is 0 Å². The topological polar surface area (TPSA) is 42.1 Å². The van der Waals surface area contributed by atoms with Crippen molar-refractivity contribution in [3.05, 3.63) is 23.4 Å². The van der Waals surface area contributed by atoms with E-state index in [1.54, 1.807) is 0 Å². The quantitative estimate of drug-likeness (QED) is 0.840. The molecule has 100 valence electrons. The maximum atomic E-state index is 5.78. The second-order valence-electron chi connectivity index (χ2n) is 5.22. The molecule has 0 spiro atoms. The Morgan fingerprint density at radius 3 is 2.61 bits per heavy atom. The predicted molar refractivity (Wildman–Crippen MR) is 76.7 cm³/mol. The molecule has 0 bridgehead atoms. The molecule has 1 aromatic rings. The first-order valence-electron chi connectivity index (χ1n) is 7.21. The van der Waals surface area contributed by atoms with Crippen molar-refractivity contribution >= 4 is 5.82 Å². The molecule has 18 heavy (non-hydrogen) atoms. The Hall–Kier alpha value is -1.09. The van der Waals surface area contributed by atoms with Crippen molar-refractivity contribution < 1.29 is 0 Å². The van der Waals surface area contributed by atoms with Crippen LogP contribution >= 0.6 is 0 Å². The van der Waals surface area contributed by atoms with Crippen molar-refractivity contribution in [1.82, 2.24) is 4.98 Å². The first kappa shape index (κ1) is 13.3. The first-order valence-corrected chi connectivity index (χ1v) is 7.21. The molecule has 3 nitrogen and oxygen atoms in total. The molecule has 0 saturated heterocycles. The number of aromatic nitrogens is 1. The van der Waals surface area contributed by atoms with Crippen molar-refractivity contribution in [1.29, 1.82) is 0 Å². The Kier molecular flexibility index (Phi) is 4.59. The van der Waals surface area contributed by atoms with Gasteiger partial charge in [0.1, 0.15) is 5.82 Å². The average molecular weight is 247 g/mol. The Morgan fingerprint density at radius 1 is 1.33 bits per heavy atom. The summed E-state index contributed by atoms with van der Waals surface area (Å²) in [5.41, 5.74) is 8.13. The van der Waals surface area contributed by atoms with E-state index in [2.05, 4.69) is 30.9 Å². The van der Waals surface area contributed by atoms with Gasteiger partial charge in [0.05, 0.1) is 0 Å². The monoisotopic (exact) mass is 247 g/mol. The zero-order valence-corrected chi connectivity index (χ0v) is 11.7. The van der Waals surface area contributed by atoms with Gasteiger partial charge in [-0.3, -0.25) is 0 Å². The summed E-state index contributed by atoms with van der Waals surface area (Å²) in [6.07, 6.45) is 5.14. The smallest absolute Gasteiger partial charge is 0.129 e. The largest absolute Gasteiger partial charge is 0.357 e. The van der Waals surface area contributed by atoms with Crippen LogP contribution in [-0.2, 0) is 13.0 Å². The van der Waals surface area contributed by atoms with Crippen molar-refractivity contribution in [3.8, 4) is 0 Å². The lowest BCUT2D eigenvalue weighted by Gasteiger charge is -2.32. The van der Waals surface area contributed by atoms with E-state index >= 15 is 0 Å². The van der Waals surface area contributed by atoms with E-state index in [1.807, 2.05) is 0 Å². The minimum atomic E-state index is 0.601. The second kappa shape index (κ2) is 6.19. The maximum Gasteiger partial charge on any atom is 0.129 e. The third kappa shape index (κ3) is 3.02. The minimum Gasteiger partial charge on any atom is -0.357 e. The van der Waals surface area contributed by atoms with Crippen LogP contribution in [0.4, 0.5) is 5.82 Å². The highest BCUT2D eigenvalue weighted by molar-refractivity contribution is 5.43. The normalized spacial score (nSPS) is 15.5. The highest BCUT2D eigenvalue weighted by atomic mass is 15.2. The highest BCUT2D eigenvalue weighted by Gasteiger charge is 2.21. The summed E-state index contributed by atoms with van der Waals surface area (Å²) in [6.45, 7) is 7.14. The molecular weight excluding hydrogens is 222 g/mol. The number of nitrogens with zero attached hydrogens (tertiary/aromatic N) is 2. The minimum absolute atomic E-state index is 0.601. The molecule has 0 aromatic carbocycles. The van der Waals surface area contributed by atoms with Crippen LogP contribution in [0.25, 0.3) is 0 Å². The van der Waals surface area contributed by atoms with Gasteiger partial charge in [0.15, 0.2) is 0 Å². The second-order valence-corrected chi connectivity index (χ2v) is 5.22. The average Bonchev–Trinajstić information content (AvgIpc) is 2.37. The van der Waals surface area contributed by atoms with Crippen molar-refractivity contribution in [2.45, 2.75) is 46.1 Å². The van der Waals surface area contributed by atoms with E-state index in [1.165, 1.54) is 24.8 Å². The van der Waals surface area contributed by atoms with Crippen LogP contribution in [0.3, 0.4) is 0 Å². The molecule has 1 aliphatic carbocycles. The Morgan fingerprint density at radius 2 is 2.11 bits per heavy atom. The number of anilines is 1. The number of hydrogen-bond donors (Lipinski definition) is 1. The van der Waals surface area contributed by atoms with Crippen LogP contribution in [0, 0.1) is 5.92 Å². The maximum absolute atomic E-state index is 5.78. The molecule has 3 heteroatoms. The lowest BCUT2D eigenvalue weighted by atomic mass is 9.85. The van der Waals surface area contributed by atoms with E-state index in [9.17, 15) is 0 Å². The number of rotatable bonds is 6. The zero-order chi connectivity index (χ0) is 13.0. The molecule has 0 amide bonds. The molecule has 0 unspecified atom stereocenters. The zero-order valence-electron chi connectivity index (χ0n) is 11.7. The van der Waals surface area contributed by atoms with E-state index in [4.69, 9.17) is 10.7 Å². The van der Waals surface area contributed by atoms with Crippen molar-refractivity contribution in [2.75, 3.05) is 18.0 Å². The third-order valence-electron chi connectivity index (χ3n) is 3.93. The summed E-state index contributed by atoms with van der Waals surface area (Å²) in [4.78, 5) is 7.16. The van der Waals surface area contributed by atoms with Gasteiger partial charge in [-0.15, -0.1) is 0 Å². The van der Waals surface area contributed by atoms with Gasteiger partial charge in [-0.05, 0) is 49.8 Å². The summed E-state index contributed by atoms with van der Waals surface area (Å²) in [5.74, 6) is 1.99. The fourth-order valence-corrected chi connectivity index (χ4v) is 2.47. The summed E-state index contributed by atoms with van der Waals surface area (Å²) in [5, 5.41) is 0. The number of hydrogen-bond acceptors (Lipinski definition) is 3. The molecule has 1 saturated carbocycles. The molecule has 2 N–H and O–H groups in total. The first-order chi connectivity index (χ1) is 8.76. The Labute approximate surface area is 110 Å². The Balaban J connectivity index is 2.16. The van der Waals surface area contributed by atoms with E-state index in [0.29, 0.717) is 6.54 Å². The number of nitrogens with two attached hydrogens (primary N) is 1. The predicted octanol–water partition coefficient (Wildman–Crippen LogP) is 2.73. The molecular formula is C15H25N3. The van der Waals surface area contributed by atoms with Crippen LogP contribution < -0.4 is 10.6 Å². The Bertz CT molecular complexity index is 363.